The number of hydrogen-bond acceptors (Lipinski definition) is 3. The van der Waals surface area contributed by atoms with Crippen molar-refractivity contribution in [2.24, 2.45) is 0 Å². The van der Waals surface area contributed by atoms with Crippen molar-refractivity contribution >= 4 is 21.8 Å². The molecule has 1 amide bonds. The summed E-state index contributed by atoms with van der Waals surface area (Å²) < 4.78 is 23.8. The van der Waals surface area contributed by atoms with E-state index in [-0.39, 0.29) is 23.5 Å². The normalized spacial score (nSPS) is 18.9. The zero-order valence-electron chi connectivity index (χ0n) is 14.8. The van der Waals surface area contributed by atoms with E-state index in [1.54, 1.807) is 17.0 Å². The first-order chi connectivity index (χ1) is 12.4. The predicted molar refractivity (Wildman–Crippen MR) is 105 cm³/mol. The molecule has 0 spiro atoms. The van der Waals surface area contributed by atoms with Crippen LogP contribution in [0.2, 0.25) is 0 Å². The first kappa shape index (κ1) is 18.4. The molecule has 4 nitrogen and oxygen atoms in total. The number of aryl methyl sites for hydroxylation is 1. The van der Waals surface area contributed by atoms with Crippen molar-refractivity contribution in [3.8, 4) is 0 Å². The largest absolute Gasteiger partial charge is 0.331 e. The fourth-order valence-corrected chi connectivity index (χ4v) is 4.88. The van der Waals surface area contributed by atoms with Gasteiger partial charge in [-0.05, 0) is 31.0 Å². The highest BCUT2D eigenvalue weighted by Crippen LogP contribution is 2.20. The third-order valence-corrected chi connectivity index (χ3v) is 6.37. The van der Waals surface area contributed by atoms with Crippen molar-refractivity contribution in [1.29, 1.82) is 0 Å². The van der Waals surface area contributed by atoms with E-state index in [1.807, 2.05) is 61.5 Å². The Hall–Kier alpha value is -2.40. The fraction of sp³-hybridized carbons (Fsp3) is 0.286. The molecule has 0 saturated carbocycles. The van der Waals surface area contributed by atoms with E-state index in [4.69, 9.17) is 0 Å². The zero-order valence-corrected chi connectivity index (χ0v) is 15.7. The zero-order chi connectivity index (χ0) is 18.6. The minimum Gasteiger partial charge on any atom is -0.331 e. The molecular weight excluding hydrogens is 346 g/mol. The van der Waals surface area contributed by atoms with Crippen LogP contribution in [-0.2, 0) is 9.84 Å². The number of benzene rings is 2. The second-order valence-corrected chi connectivity index (χ2v) is 8.92. The lowest BCUT2D eigenvalue weighted by molar-refractivity contribution is 0.0721. The van der Waals surface area contributed by atoms with Gasteiger partial charge in [-0.1, -0.05) is 60.2 Å². The summed E-state index contributed by atoms with van der Waals surface area (Å²) in [7, 11) is -3.06. The number of amides is 1. The minimum atomic E-state index is -3.06. The maximum atomic E-state index is 13.0. The molecule has 5 heteroatoms. The van der Waals surface area contributed by atoms with Crippen molar-refractivity contribution in [1.82, 2.24) is 4.90 Å². The van der Waals surface area contributed by atoms with Crippen molar-refractivity contribution in [2.75, 3.05) is 18.1 Å². The van der Waals surface area contributed by atoms with Gasteiger partial charge in [0.15, 0.2) is 9.84 Å². The molecule has 0 N–H and O–H groups in total. The summed E-state index contributed by atoms with van der Waals surface area (Å²) in [5.41, 5.74) is 2.72. The SMILES string of the molecule is Cc1ccc(C(=O)N(C/C=C/c2ccccc2)C2CCS(=O)(=O)C2)cc1. The van der Waals surface area contributed by atoms with Crippen LogP contribution < -0.4 is 0 Å². The number of rotatable bonds is 5. The van der Waals surface area contributed by atoms with Crippen LogP contribution in [0.5, 0.6) is 0 Å². The van der Waals surface area contributed by atoms with Crippen LogP contribution in [0.3, 0.4) is 0 Å². The van der Waals surface area contributed by atoms with Crippen LogP contribution >= 0.6 is 0 Å². The highest BCUT2D eigenvalue weighted by Gasteiger charge is 2.34. The van der Waals surface area contributed by atoms with Gasteiger partial charge in [-0.2, -0.15) is 0 Å². The lowest BCUT2D eigenvalue weighted by Gasteiger charge is -2.27. The molecule has 0 bridgehead atoms. The van der Waals surface area contributed by atoms with Crippen LogP contribution in [0.25, 0.3) is 6.08 Å². The molecule has 2 aromatic carbocycles. The summed E-state index contributed by atoms with van der Waals surface area (Å²) in [6, 6.07) is 17.0. The van der Waals surface area contributed by atoms with Crippen LogP contribution in [0, 0.1) is 6.92 Å². The molecule has 26 heavy (non-hydrogen) atoms. The van der Waals surface area contributed by atoms with Crippen LogP contribution in [0.1, 0.15) is 27.9 Å². The lowest BCUT2D eigenvalue weighted by Crippen LogP contribution is -2.41. The molecule has 1 aliphatic rings. The Labute approximate surface area is 155 Å². The molecule has 0 aliphatic carbocycles. The highest BCUT2D eigenvalue weighted by molar-refractivity contribution is 7.91. The molecule has 1 heterocycles. The first-order valence-corrected chi connectivity index (χ1v) is 10.6. The van der Waals surface area contributed by atoms with Gasteiger partial charge in [0, 0.05) is 18.2 Å². The van der Waals surface area contributed by atoms with Crippen molar-refractivity contribution in [3.63, 3.8) is 0 Å². The van der Waals surface area contributed by atoms with E-state index in [0.29, 0.717) is 18.5 Å². The summed E-state index contributed by atoms with van der Waals surface area (Å²) in [6.07, 6.45) is 4.38. The molecule has 1 fully saturated rings. The summed E-state index contributed by atoms with van der Waals surface area (Å²) in [5, 5.41) is 0. The van der Waals surface area contributed by atoms with E-state index in [2.05, 4.69) is 0 Å². The summed E-state index contributed by atoms with van der Waals surface area (Å²) in [6.45, 7) is 2.36. The second kappa shape index (κ2) is 7.87. The highest BCUT2D eigenvalue weighted by atomic mass is 32.2. The monoisotopic (exact) mass is 369 g/mol. The van der Waals surface area contributed by atoms with Crippen molar-refractivity contribution in [2.45, 2.75) is 19.4 Å². The van der Waals surface area contributed by atoms with Gasteiger partial charge in [0.05, 0.1) is 11.5 Å². The number of nitrogens with zero attached hydrogens (tertiary/aromatic N) is 1. The molecule has 0 aromatic heterocycles. The first-order valence-electron chi connectivity index (χ1n) is 8.74. The molecule has 136 valence electrons. The van der Waals surface area contributed by atoms with Gasteiger partial charge in [0.2, 0.25) is 0 Å². The maximum absolute atomic E-state index is 13.0. The Morgan fingerprint density at radius 1 is 1.12 bits per heavy atom. The van der Waals surface area contributed by atoms with Crippen LogP contribution in [0.15, 0.2) is 60.7 Å². The Bertz CT molecular complexity index is 887. The molecule has 1 unspecified atom stereocenters. The topological polar surface area (TPSA) is 54.5 Å². The van der Waals surface area contributed by atoms with E-state index in [9.17, 15) is 13.2 Å². The van der Waals surface area contributed by atoms with Crippen LogP contribution in [-0.4, -0.2) is 43.3 Å². The molecule has 3 rings (SSSR count). The Morgan fingerprint density at radius 3 is 2.42 bits per heavy atom. The van der Waals surface area contributed by atoms with Gasteiger partial charge in [-0.25, -0.2) is 8.42 Å². The Kier molecular flexibility index (Phi) is 5.57. The van der Waals surface area contributed by atoms with E-state index in [0.717, 1.165) is 11.1 Å². The summed E-state index contributed by atoms with van der Waals surface area (Å²) in [5.74, 6) is 0.0754. The van der Waals surface area contributed by atoms with Crippen molar-refractivity contribution < 1.29 is 13.2 Å². The summed E-state index contributed by atoms with van der Waals surface area (Å²) >= 11 is 0. The average Bonchev–Trinajstić information content (AvgIpc) is 2.99. The van der Waals surface area contributed by atoms with Crippen LogP contribution in [0.4, 0.5) is 0 Å². The molecule has 1 saturated heterocycles. The maximum Gasteiger partial charge on any atom is 0.254 e. The summed E-state index contributed by atoms with van der Waals surface area (Å²) in [4.78, 5) is 14.7. The molecule has 2 aromatic rings. The Morgan fingerprint density at radius 2 is 1.81 bits per heavy atom. The van der Waals surface area contributed by atoms with Gasteiger partial charge in [0.25, 0.3) is 5.91 Å². The smallest absolute Gasteiger partial charge is 0.254 e. The van der Waals surface area contributed by atoms with E-state index >= 15 is 0 Å². The van der Waals surface area contributed by atoms with Gasteiger partial charge in [-0.3, -0.25) is 4.79 Å². The number of carbonyl (C=O) groups excluding carboxylic acids is 1. The van der Waals surface area contributed by atoms with Gasteiger partial charge in [0.1, 0.15) is 0 Å². The van der Waals surface area contributed by atoms with Gasteiger partial charge < -0.3 is 4.90 Å². The second-order valence-electron chi connectivity index (χ2n) is 6.69. The predicted octanol–water partition coefficient (Wildman–Crippen LogP) is 3.34. The quantitative estimate of drug-likeness (QED) is 0.812. The molecular formula is C21H23NO3S. The number of carbonyl (C=O) groups is 1. The number of hydrogen-bond donors (Lipinski definition) is 0. The molecule has 1 atom stereocenters. The molecule has 1 aliphatic heterocycles. The average molecular weight is 369 g/mol. The molecule has 0 radical (unpaired) electrons. The van der Waals surface area contributed by atoms with Crippen molar-refractivity contribution in [3.05, 3.63) is 77.4 Å². The third kappa shape index (κ3) is 4.61. The van der Waals surface area contributed by atoms with Gasteiger partial charge in [-0.15, -0.1) is 0 Å². The van der Waals surface area contributed by atoms with E-state index in [1.165, 1.54) is 0 Å². The third-order valence-electron chi connectivity index (χ3n) is 4.62. The Balaban J connectivity index is 1.80. The standard InChI is InChI=1S/C21H23NO3S/c1-17-9-11-19(12-10-17)21(23)22(20-13-15-26(24,25)16-20)14-5-8-18-6-3-2-4-7-18/h2-12,20H,13-16H2,1H3/b8-5+. The fourth-order valence-electron chi connectivity index (χ4n) is 3.15. The lowest BCUT2D eigenvalue weighted by atomic mass is 10.1. The number of sulfone groups is 1. The van der Waals surface area contributed by atoms with E-state index < -0.39 is 9.84 Å². The van der Waals surface area contributed by atoms with Gasteiger partial charge >= 0.3 is 0 Å². The minimum absolute atomic E-state index is 0.0454.